The summed E-state index contributed by atoms with van der Waals surface area (Å²) in [4.78, 5) is 13.2. The SMILES string of the molecule is COc1cccc(NC(=O)C[NH+](C)CCOc2ccc(Br)cc2)c1. The summed E-state index contributed by atoms with van der Waals surface area (Å²) in [7, 11) is 3.57. The molecule has 6 heteroatoms. The second-order valence-corrected chi connectivity index (χ2v) is 6.38. The Kier molecular flexibility index (Phi) is 7.08. The lowest BCUT2D eigenvalue weighted by atomic mass is 10.3. The predicted octanol–water partition coefficient (Wildman–Crippen LogP) is 1.99. The molecule has 1 unspecified atom stereocenters. The van der Waals surface area contributed by atoms with Crippen molar-refractivity contribution < 1.29 is 19.2 Å². The van der Waals surface area contributed by atoms with E-state index < -0.39 is 0 Å². The van der Waals surface area contributed by atoms with Gasteiger partial charge in [-0.2, -0.15) is 0 Å². The van der Waals surface area contributed by atoms with Crippen LogP contribution >= 0.6 is 15.9 Å². The molecule has 0 fully saturated rings. The number of nitrogens with one attached hydrogen (secondary N) is 2. The minimum atomic E-state index is -0.0376. The van der Waals surface area contributed by atoms with Crippen LogP contribution in [-0.2, 0) is 4.79 Å². The maximum Gasteiger partial charge on any atom is 0.279 e. The highest BCUT2D eigenvalue weighted by molar-refractivity contribution is 9.10. The highest BCUT2D eigenvalue weighted by Gasteiger charge is 2.10. The van der Waals surface area contributed by atoms with E-state index in [4.69, 9.17) is 9.47 Å². The molecule has 0 aliphatic heterocycles. The molecular weight excluding hydrogens is 372 g/mol. The van der Waals surface area contributed by atoms with E-state index in [0.717, 1.165) is 33.1 Å². The van der Waals surface area contributed by atoms with E-state index >= 15 is 0 Å². The van der Waals surface area contributed by atoms with Crippen LogP contribution in [0, 0.1) is 0 Å². The Morgan fingerprint density at radius 3 is 2.62 bits per heavy atom. The number of methoxy groups -OCH3 is 1. The minimum Gasteiger partial charge on any atom is -0.497 e. The fraction of sp³-hybridized carbons (Fsp3) is 0.278. The molecule has 128 valence electrons. The first-order valence-corrected chi connectivity index (χ1v) is 8.49. The number of halogens is 1. The number of likely N-dealkylation sites (N-methyl/N-ethyl adjacent to an activating group) is 1. The van der Waals surface area contributed by atoms with E-state index in [0.29, 0.717) is 13.2 Å². The smallest absolute Gasteiger partial charge is 0.279 e. The van der Waals surface area contributed by atoms with E-state index in [9.17, 15) is 4.79 Å². The third kappa shape index (κ3) is 6.22. The van der Waals surface area contributed by atoms with Crippen LogP contribution in [0.1, 0.15) is 0 Å². The molecular formula is C18H22BrN2O3+. The van der Waals surface area contributed by atoms with Gasteiger partial charge < -0.3 is 19.7 Å². The monoisotopic (exact) mass is 393 g/mol. The average Bonchev–Trinajstić information content (AvgIpc) is 2.56. The number of carbonyl (C=O) groups is 1. The third-order valence-electron chi connectivity index (χ3n) is 3.43. The highest BCUT2D eigenvalue weighted by atomic mass is 79.9. The second kappa shape index (κ2) is 9.30. The first-order valence-electron chi connectivity index (χ1n) is 7.70. The lowest BCUT2D eigenvalue weighted by Crippen LogP contribution is -3.10. The number of hydrogen-bond acceptors (Lipinski definition) is 3. The Labute approximate surface area is 150 Å². The van der Waals surface area contributed by atoms with Gasteiger partial charge in [-0.25, -0.2) is 0 Å². The van der Waals surface area contributed by atoms with Gasteiger partial charge in [0.05, 0.1) is 14.2 Å². The van der Waals surface area contributed by atoms with Crippen LogP contribution in [0.15, 0.2) is 53.0 Å². The summed E-state index contributed by atoms with van der Waals surface area (Å²) in [6.45, 7) is 1.67. The fourth-order valence-electron chi connectivity index (χ4n) is 2.14. The summed E-state index contributed by atoms with van der Waals surface area (Å²) in [5.41, 5.74) is 0.735. The standard InChI is InChI=1S/C18H21BrN2O3/c1-21(10-11-24-16-8-6-14(19)7-9-16)13-18(22)20-15-4-3-5-17(12-15)23-2/h3-9,12H,10-11,13H2,1-2H3,(H,20,22)/p+1. The molecule has 0 radical (unpaired) electrons. The molecule has 2 rings (SSSR count). The van der Waals surface area contributed by atoms with Gasteiger partial charge in [0, 0.05) is 16.2 Å². The zero-order chi connectivity index (χ0) is 17.4. The second-order valence-electron chi connectivity index (χ2n) is 5.47. The summed E-state index contributed by atoms with van der Waals surface area (Å²) in [5, 5.41) is 2.88. The molecule has 0 aliphatic rings. The molecule has 0 saturated heterocycles. The van der Waals surface area contributed by atoms with Gasteiger partial charge in [0.25, 0.3) is 5.91 Å². The summed E-state index contributed by atoms with van der Waals surface area (Å²) in [6.07, 6.45) is 0. The quantitative estimate of drug-likeness (QED) is 0.720. The number of carbonyl (C=O) groups excluding carboxylic acids is 1. The maximum absolute atomic E-state index is 12.1. The molecule has 0 bridgehead atoms. The van der Waals surface area contributed by atoms with Gasteiger partial charge in [-0.05, 0) is 36.4 Å². The largest absolute Gasteiger partial charge is 0.497 e. The van der Waals surface area contributed by atoms with Gasteiger partial charge in [-0.15, -0.1) is 0 Å². The number of hydrogen-bond donors (Lipinski definition) is 2. The molecule has 0 spiro atoms. The highest BCUT2D eigenvalue weighted by Crippen LogP contribution is 2.16. The topological polar surface area (TPSA) is 52.0 Å². The van der Waals surface area contributed by atoms with E-state index in [2.05, 4.69) is 21.2 Å². The molecule has 1 atom stereocenters. The third-order valence-corrected chi connectivity index (χ3v) is 3.96. The van der Waals surface area contributed by atoms with Gasteiger partial charge >= 0.3 is 0 Å². The fourth-order valence-corrected chi connectivity index (χ4v) is 2.41. The number of amides is 1. The summed E-state index contributed by atoms with van der Waals surface area (Å²) in [5.74, 6) is 1.51. The Balaban J connectivity index is 1.72. The van der Waals surface area contributed by atoms with Crippen molar-refractivity contribution in [2.75, 3.05) is 39.2 Å². The maximum atomic E-state index is 12.1. The average molecular weight is 394 g/mol. The lowest BCUT2D eigenvalue weighted by Gasteiger charge is -2.14. The van der Waals surface area contributed by atoms with Crippen LogP contribution in [0.4, 0.5) is 5.69 Å². The van der Waals surface area contributed by atoms with Crippen molar-refractivity contribution in [2.45, 2.75) is 0 Å². The van der Waals surface area contributed by atoms with Crippen molar-refractivity contribution >= 4 is 27.5 Å². The van der Waals surface area contributed by atoms with Crippen molar-refractivity contribution in [2.24, 2.45) is 0 Å². The van der Waals surface area contributed by atoms with Crippen molar-refractivity contribution in [3.8, 4) is 11.5 Å². The van der Waals surface area contributed by atoms with E-state index in [1.165, 1.54) is 0 Å². The molecule has 5 nitrogen and oxygen atoms in total. The van der Waals surface area contributed by atoms with Gasteiger partial charge in [-0.3, -0.25) is 4.79 Å². The molecule has 1 amide bonds. The van der Waals surface area contributed by atoms with Crippen LogP contribution in [-0.4, -0.2) is 39.8 Å². The molecule has 2 N–H and O–H groups in total. The van der Waals surface area contributed by atoms with Gasteiger partial charge in [0.15, 0.2) is 6.54 Å². The predicted molar refractivity (Wildman–Crippen MR) is 97.9 cm³/mol. The van der Waals surface area contributed by atoms with E-state index in [1.54, 1.807) is 13.2 Å². The molecule has 0 saturated carbocycles. The minimum absolute atomic E-state index is 0.0376. The van der Waals surface area contributed by atoms with Crippen LogP contribution < -0.4 is 19.7 Å². The molecule has 0 heterocycles. The van der Waals surface area contributed by atoms with Crippen LogP contribution in [0.3, 0.4) is 0 Å². The van der Waals surface area contributed by atoms with Gasteiger partial charge in [0.1, 0.15) is 24.7 Å². The number of anilines is 1. The molecule has 2 aromatic rings. The Bertz CT molecular complexity index is 662. The summed E-state index contributed by atoms with van der Waals surface area (Å²) in [6, 6.07) is 15.0. The lowest BCUT2D eigenvalue weighted by molar-refractivity contribution is -0.871. The first-order chi connectivity index (χ1) is 11.6. The van der Waals surface area contributed by atoms with Gasteiger partial charge in [0.2, 0.25) is 0 Å². The molecule has 2 aromatic carbocycles. The molecule has 0 aromatic heterocycles. The summed E-state index contributed by atoms with van der Waals surface area (Å²) < 4.78 is 11.8. The number of ether oxygens (including phenoxy) is 2. The molecule has 24 heavy (non-hydrogen) atoms. The van der Waals surface area contributed by atoms with Crippen LogP contribution in [0.2, 0.25) is 0 Å². The Morgan fingerprint density at radius 1 is 1.17 bits per heavy atom. The van der Waals surface area contributed by atoms with Crippen molar-refractivity contribution in [3.05, 3.63) is 53.0 Å². The van der Waals surface area contributed by atoms with Crippen molar-refractivity contribution in [1.82, 2.24) is 0 Å². The first kappa shape index (κ1) is 18.3. The zero-order valence-electron chi connectivity index (χ0n) is 13.8. The number of rotatable bonds is 8. The van der Waals surface area contributed by atoms with Crippen molar-refractivity contribution in [1.29, 1.82) is 0 Å². The van der Waals surface area contributed by atoms with Crippen molar-refractivity contribution in [3.63, 3.8) is 0 Å². The van der Waals surface area contributed by atoms with E-state index in [-0.39, 0.29) is 5.91 Å². The van der Waals surface area contributed by atoms with Gasteiger partial charge in [-0.1, -0.05) is 22.0 Å². The van der Waals surface area contributed by atoms with Crippen LogP contribution in [0.25, 0.3) is 0 Å². The molecule has 0 aliphatic carbocycles. The summed E-state index contributed by atoms with van der Waals surface area (Å²) >= 11 is 3.39. The normalized spacial score (nSPS) is 11.6. The van der Waals surface area contributed by atoms with E-state index in [1.807, 2.05) is 49.5 Å². The Morgan fingerprint density at radius 2 is 1.92 bits per heavy atom. The zero-order valence-corrected chi connectivity index (χ0v) is 15.4. The number of quaternary nitrogens is 1. The van der Waals surface area contributed by atoms with Crippen LogP contribution in [0.5, 0.6) is 11.5 Å². The number of benzene rings is 2. The Hall–Kier alpha value is -2.05.